The van der Waals surface area contributed by atoms with Crippen molar-refractivity contribution in [1.29, 1.82) is 0 Å². The molecule has 0 atom stereocenters. The number of phenols is 2. The standard InChI is InChI=1S/C13H11NO5/c15-12-6-5-11(7-13(12)16)19-8-9-1-3-10(4-2-9)14(17)18/h1-7,15-16H,8H2. The molecule has 0 bridgehead atoms. The van der Waals surface area contributed by atoms with Crippen molar-refractivity contribution in [2.75, 3.05) is 0 Å². The lowest BCUT2D eigenvalue weighted by Gasteiger charge is -2.07. The van der Waals surface area contributed by atoms with Gasteiger partial charge in [-0.15, -0.1) is 0 Å². The maximum Gasteiger partial charge on any atom is 0.269 e. The molecule has 2 rings (SSSR count). The van der Waals surface area contributed by atoms with Crippen LogP contribution in [-0.4, -0.2) is 15.1 Å². The van der Waals surface area contributed by atoms with Gasteiger partial charge in [-0.25, -0.2) is 0 Å². The van der Waals surface area contributed by atoms with E-state index in [1.54, 1.807) is 12.1 Å². The van der Waals surface area contributed by atoms with Gasteiger partial charge in [-0.05, 0) is 29.8 Å². The average Bonchev–Trinajstić information content (AvgIpc) is 2.40. The van der Waals surface area contributed by atoms with Crippen LogP contribution in [0.5, 0.6) is 17.2 Å². The van der Waals surface area contributed by atoms with E-state index in [9.17, 15) is 15.2 Å². The van der Waals surface area contributed by atoms with Crippen molar-refractivity contribution in [2.24, 2.45) is 0 Å². The van der Waals surface area contributed by atoms with Crippen LogP contribution >= 0.6 is 0 Å². The van der Waals surface area contributed by atoms with Crippen molar-refractivity contribution in [1.82, 2.24) is 0 Å². The van der Waals surface area contributed by atoms with Crippen LogP contribution in [0.15, 0.2) is 42.5 Å². The molecular formula is C13H11NO5. The zero-order chi connectivity index (χ0) is 13.8. The number of benzene rings is 2. The molecule has 0 radical (unpaired) electrons. The van der Waals surface area contributed by atoms with Crippen molar-refractivity contribution in [3.8, 4) is 17.2 Å². The summed E-state index contributed by atoms with van der Waals surface area (Å²) in [6, 6.07) is 10.1. The molecule has 0 aliphatic carbocycles. The van der Waals surface area contributed by atoms with Gasteiger partial charge >= 0.3 is 0 Å². The number of rotatable bonds is 4. The second-order valence-corrected chi connectivity index (χ2v) is 3.86. The molecule has 98 valence electrons. The fourth-order valence-corrected chi connectivity index (χ4v) is 1.47. The minimum Gasteiger partial charge on any atom is -0.504 e. The molecule has 0 saturated carbocycles. The first-order chi connectivity index (χ1) is 9.06. The van der Waals surface area contributed by atoms with E-state index in [0.717, 1.165) is 5.56 Å². The highest BCUT2D eigenvalue weighted by molar-refractivity contribution is 5.43. The minimum atomic E-state index is -0.470. The molecule has 0 amide bonds. The zero-order valence-corrected chi connectivity index (χ0v) is 9.81. The Balaban J connectivity index is 2.01. The third kappa shape index (κ3) is 3.12. The highest BCUT2D eigenvalue weighted by Gasteiger charge is 2.05. The number of aromatic hydroxyl groups is 2. The molecule has 2 aromatic carbocycles. The van der Waals surface area contributed by atoms with Crippen LogP contribution in [0.3, 0.4) is 0 Å². The van der Waals surface area contributed by atoms with Gasteiger partial charge in [0.05, 0.1) is 4.92 Å². The monoisotopic (exact) mass is 261 g/mol. The van der Waals surface area contributed by atoms with E-state index in [1.165, 1.54) is 30.3 Å². The minimum absolute atomic E-state index is 0.0195. The van der Waals surface area contributed by atoms with Crippen LogP contribution in [0.4, 0.5) is 5.69 Å². The number of phenolic OH excluding ortho intramolecular Hbond substituents is 2. The van der Waals surface area contributed by atoms with Crippen molar-refractivity contribution >= 4 is 5.69 Å². The van der Waals surface area contributed by atoms with Crippen LogP contribution in [0.1, 0.15) is 5.56 Å². The molecule has 0 fully saturated rings. The molecule has 6 nitrogen and oxygen atoms in total. The first-order valence-corrected chi connectivity index (χ1v) is 5.44. The second kappa shape index (κ2) is 5.26. The number of non-ortho nitro benzene ring substituents is 1. The Morgan fingerprint density at radius 2 is 1.74 bits per heavy atom. The van der Waals surface area contributed by atoms with E-state index in [0.29, 0.717) is 5.75 Å². The van der Waals surface area contributed by atoms with E-state index >= 15 is 0 Å². The average molecular weight is 261 g/mol. The van der Waals surface area contributed by atoms with E-state index in [1.807, 2.05) is 0 Å². The summed E-state index contributed by atoms with van der Waals surface area (Å²) in [6.07, 6.45) is 0. The van der Waals surface area contributed by atoms with Gasteiger partial charge in [-0.3, -0.25) is 10.1 Å². The molecule has 0 aliphatic rings. The second-order valence-electron chi connectivity index (χ2n) is 3.86. The Labute approximate surface area is 108 Å². The summed E-state index contributed by atoms with van der Waals surface area (Å²) in [5.41, 5.74) is 0.782. The van der Waals surface area contributed by atoms with Gasteiger partial charge in [0.2, 0.25) is 0 Å². The molecule has 0 aromatic heterocycles. The Bertz CT molecular complexity index is 594. The molecule has 2 N–H and O–H groups in total. The third-order valence-electron chi connectivity index (χ3n) is 2.50. The number of nitro groups is 1. The van der Waals surface area contributed by atoms with E-state index in [2.05, 4.69) is 0 Å². The molecule has 0 saturated heterocycles. The zero-order valence-electron chi connectivity index (χ0n) is 9.81. The van der Waals surface area contributed by atoms with Crippen LogP contribution in [0.2, 0.25) is 0 Å². The molecule has 0 spiro atoms. The lowest BCUT2D eigenvalue weighted by Crippen LogP contribution is -1.96. The van der Waals surface area contributed by atoms with Crippen LogP contribution in [-0.2, 0) is 6.61 Å². The fourth-order valence-electron chi connectivity index (χ4n) is 1.47. The molecule has 0 unspecified atom stereocenters. The van der Waals surface area contributed by atoms with Gasteiger partial charge in [0, 0.05) is 18.2 Å². The topological polar surface area (TPSA) is 92.8 Å². The molecule has 0 heterocycles. The quantitative estimate of drug-likeness (QED) is 0.501. The van der Waals surface area contributed by atoms with Crippen LogP contribution in [0.25, 0.3) is 0 Å². The SMILES string of the molecule is O=[N+]([O-])c1ccc(COc2ccc(O)c(O)c2)cc1. The van der Waals surface area contributed by atoms with Crippen LogP contribution < -0.4 is 4.74 Å². The summed E-state index contributed by atoms with van der Waals surface area (Å²) >= 11 is 0. The Morgan fingerprint density at radius 3 is 2.32 bits per heavy atom. The van der Waals surface area contributed by atoms with E-state index in [-0.39, 0.29) is 23.8 Å². The maximum absolute atomic E-state index is 10.5. The summed E-state index contributed by atoms with van der Waals surface area (Å²) in [7, 11) is 0. The van der Waals surface area contributed by atoms with E-state index < -0.39 is 4.92 Å². The summed E-state index contributed by atoms with van der Waals surface area (Å²) in [5, 5.41) is 28.9. The number of ether oxygens (including phenoxy) is 1. The fraction of sp³-hybridized carbons (Fsp3) is 0.0769. The van der Waals surface area contributed by atoms with Gasteiger partial charge < -0.3 is 14.9 Å². The number of hydrogen-bond donors (Lipinski definition) is 2. The normalized spacial score (nSPS) is 10.1. The largest absolute Gasteiger partial charge is 0.504 e. The highest BCUT2D eigenvalue weighted by atomic mass is 16.6. The number of nitrogens with zero attached hydrogens (tertiary/aromatic N) is 1. The highest BCUT2D eigenvalue weighted by Crippen LogP contribution is 2.29. The Morgan fingerprint density at radius 1 is 1.05 bits per heavy atom. The lowest BCUT2D eigenvalue weighted by molar-refractivity contribution is -0.384. The number of hydrogen-bond acceptors (Lipinski definition) is 5. The predicted molar refractivity (Wildman–Crippen MR) is 67.2 cm³/mol. The predicted octanol–water partition coefficient (Wildman–Crippen LogP) is 2.59. The maximum atomic E-state index is 10.5. The Kier molecular flexibility index (Phi) is 3.51. The summed E-state index contributed by atoms with van der Waals surface area (Å²) in [6.45, 7) is 0.211. The first kappa shape index (κ1) is 12.7. The summed E-state index contributed by atoms with van der Waals surface area (Å²) in [4.78, 5) is 10.0. The van der Waals surface area contributed by atoms with Gasteiger partial charge in [-0.2, -0.15) is 0 Å². The van der Waals surface area contributed by atoms with Gasteiger partial charge in [0.25, 0.3) is 5.69 Å². The number of nitro benzene ring substituents is 1. The first-order valence-electron chi connectivity index (χ1n) is 5.44. The molecule has 0 aliphatic heterocycles. The molecule has 6 heteroatoms. The van der Waals surface area contributed by atoms with Crippen LogP contribution in [0, 0.1) is 10.1 Å². The van der Waals surface area contributed by atoms with Crippen molar-refractivity contribution in [3.63, 3.8) is 0 Å². The smallest absolute Gasteiger partial charge is 0.269 e. The third-order valence-corrected chi connectivity index (χ3v) is 2.50. The Hall–Kier alpha value is -2.76. The molecule has 19 heavy (non-hydrogen) atoms. The van der Waals surface area contributed by atoms with Crippen molar-refractivity contribution in [3.05, 3.63) is 58.1 Å². The van der Waals surface area contributed by atoms with Gasteiger partial charge in [0.1, 0.15) is 12.4 Å². The molecular weight excluding hydrogens is 250 g/mol. The van der Waals surface area contributed by atoms with Crippen molar-refractivity contribution in [2.45, 2.75) is 6.61 Å². The lowest BCUT2D eigenvalue weighted by atomic mass is 10.2. The van der Waals surface area contributed by atoms with Crippen molar-refractivity contribution < 1.29 is 19.9 Å². The molecule has 2 aromatic rings. The van der Waals surface area contributed by atoms with Gasteiger partial charge in [-0.1, -0.05) is 0 Å². The summed E-state index contributed by atoms with van der Waals surface area (Å²) in [5.74, 6) is -0.0856. The van der Waals surface area contributed by atoms with Gasteiger partial charge in [0.15, 0.2) is 11.5 Å². The summed E-state index contributed by atoms with van der Waals surface area (Å²) < 4.78 is 5.39. The van der Waals surface area contributed by atoms with E-state index in [4.69, 9.17) is 9.84 Å².